The summed E-state index contributed by atoms with van der Waals surface area (Å²) < 4.78 is 11.4. The summed E-state index contributed by atoms with van der Waals surface area (Å²) >= 11 is 0. The molecular weight excluding hydrogens is 202 g/mol. The van der Waals surface area contributed by atoms with Crippen LogP contribution in [-0.4, -0.2) is 31.9 Å². The zero-order valence-corrected chi connectivity index (χ0v) is 10.4. The van der Waals surface area contributed by atoms with E-state index in [1.165, 1.54) is 19.3 Å². The maximum atomic E-state index is 5.69. The lowest BCUT2D eigenvalue weighted by Gasteiger charge is -2.43. The van der Waals surface area contributed by atoms with Gasteiger partial charge in [-0.25, -0.2) is 0 Å². The summed E-state index contributed by atoms with van der Waals surface area (Å²) in [7, 11) is 1.84. The van der Waals surface area contributed by atoms with Gasteiger partial charge in [-0.1, -0.05) is 6.92 Å². The first kappa shape index (κ1) is 11.9. The second-order valence-corrected chi connectivity index (χ2v) is 4.80. The molecule has 1 heterocycles. The molecule has 1 atom stereocenters. The van der Waals surface area contributed by atoms with Gasteiger partial charge in [0.25, 0.3) is 0 Å². The first-order chi connectivity index (χ1) is 7.79. The molecule has 1 unspecified atom stereocenters. The Bertz CT molecular complexity index is 253. The smallest absolute Gasteiger partial charge is 0.109 e. The van der Waals surface area contributed by atoms with Crippen LogP contribution < -0.4 is 5.32 Å². The molecule has 0 aromatic rings. The number of likely N-dealkylation sites (N-methyl/N-ethyl adjacent to an activating group) is 1. The SMILES string of the molecule is CCNC(CC1(OC)CCC1)C1=CCCO1. The van der Waals surface area contributed by atoms with Gasteiger partial charge in [0.05, 0.1) is 18.2 Å². The molecule has 1 saturated carbocycles. The van der Waals surface area contributed by atoms with Crippen LogP contribution in [0.15, 0.2) is 11.8 Å². The van der Waals surface area contributed by atoms with Gasteiger partial charge in [-0.15, -0.1) is 0 Å². The summed E-state index contributed by atoms with van der Waals surface area (Å²) in [6.07, 6.45) is 8.00. The Hall–Kier alpha value is -0.540. The van der Waals surface area contributed by atoms with Gasteiger partial charge in [0.2, 0.25) is 0 Å². The lowest BCUT2D eigenvalue weighted by Crippen LogP contribution is -2.46. The first-order valence-corrected chi connectivity index (χ1v) is 6.41. The molecule has 0 amide bonds. The summed E-state index contributed by atoms with van der Waals surface area (Å²) in [5, 5.41) is 3.51. The van der Waals surface area contributed by atoms with Crippen molar-refractivity contribution in [1.82, 2.24) is 5.32 Å². The van der Waals surface area contributed by atoms with Gasteiger partial charge in [0.1, 0.15) is 5.76 Å². The second kappa shape index (κ2) is 5.19. The maximum Gasteiger partial charge on any atom is 0.109 e. The quantitative estimate of drug-likeness (QED) is 0.752. The minimum absolute atomic E-state index is 0.111. The molecule has 0 spiro atoms. The van der Waals surface area contributed by atoms with Crippen molar-refractivity contribution >= 4 is 0 Å². The van der Waals surface area contributed by atoms with Crippen molar-refractivity contribution in [2.45, 2.75) is 50.7 Å². The van der Waals surface area contributed by atoms with Crippen molar-refractivity contribution in [2.75, 3.05) is 20.3 Å². The highest BCUT2D eigenvalue weighted by Gasteiger charge is 2.40. The fraction of sp³-hybridized carbons (Fsp3) is 0.846. The summed E-state index contributed by atoms with van der Waals surface area (Å²) in [6, 6.07) is 0.341. The molecule has 0 aromatic carbocycles. The molecule has 3 nitrogen and oxygen atoms in total. The standard InChI is InChI=1S/C13H23NO2/c1-3-14-11(12-6-4-9-16-12)10-13(15-2)7-5-8-13/h6,11,14H,3-5,7-10H2,1-2H3. The summed E-state index contributed by atoms with van der Waals surface area (Å²) in [4.78, 5) is 0. The molecule has 1 N–H and O–H groups in total. The second-order valence-electron chi connectivity index (χ2n) is 4.80. The monoisotopic (exact) mass is 225 g/mol. The van der Waals surface area contributed by atoms with Crippen molar-refractivity contribution in [2.24, 2.45) is 0 Å². The number of hydrogen-bond acceptors (Lipinski definition) is 3. The molecule has 2 aliphatic rings. The topological polar surface area (TPSA) is 30.5 Å². The van der Waals surface area contributed by atoms with E-state index < -0.39 is 0 Å². The largest absolute Gasteiger partial charge is 0.496 e. The molecule has 1 fully saturated rings. The van der Waals surface area contributed by atoms with E-state index in [0.717, 1.165) is 31.8 Å². The molecule has 0 saturated heterocycles. The van der Waals surface area contributed by atoms with Crippen LogP contribution in [0.3, 0.4) is 0 Å². The Kier molecular flexibility index (Phi) is 3.87. The van der Waals surface area contributed by atoms with Crippen LogP contribution in [-0.2, 0) is 9.47 Å². The molecule has 1 aliphatic carbocycles. The first-order valence-electron chi connectivity index (χ1n) is 6.41. The maximum absolute atomic E-state index is 5.69. The van der Waals surface area contributed by atoms with Crippen LogP contribution in [0.25, 0.3) is 0 Å². The molecule has 92 valence electrons. The lowest BCUT2D eigenvalue weighted by molar-refractivity contribution is -0.0835. The van der Waals surface area contributed by atoms with Gasteiger partial charge in [-0.05, 0) is 38.3 Å². The van der Waals surface area contributed by atoms with Crippen molar-refractivity contribution in [1.29, 1.82) is 0 Å². The van der Waals surface area contributed by atoms with Gasteiger partial charge in [0, 0.05) is 13.5 Å². The number of methoxy groups -OCH3 is 1. The van der Waals surface area contributed by atoms with Crippen molar-refractivity contribution in [3.05, 3.63) is 11.8 Å². The predicted octanol–water partition coefficient (Wildman–Crippen LogP) is 2.23. The van der Waals surface area contributed by atoms with Crippen LogP contribution in [0, 0.1) is 0 Å². The summed E-state index contributed by atoms with van der Waals surface area (Å²) in [6.45, 7) is 3.96. The molecule has 2 rings (SSSR count). The van der Waals surface area contributed by atoms with Gasteiger partial charge >= 0.3 is 0 Å². The highest BCUT2D eigenvalue weighted by Crippen LogP contribution is 2.40. The van der Waals surface area contributed by atoms with Gasteiger partial charge in [-0.3, -0.25) is 0 Å². The Labute approximate surface area is 98.2 Å². The fourth-order valence-corrected chi connectivity index (χ4v) is 2.63. The van der Waals surface area contributed by atoms with E-state index in [9.17, 15) is 0 Å². The molecule has 3 heteroatoms. The van der Waals surface area contributed by atoms with Gasteiger partial charge in [-0.2, -0.15) is 0 Å². The third-order valence-corrected chi connectivity index (χ3v) is 3.80. The Morgan fingerprint density at radius 1 is 1.56 bits per heavy atom. The number of nitrogens with one attached hydrogen (secondary N) is 1. The fourth-order valence-electron chi connectivity index (χ4n) is 2.63. The van der Waals surface area contributed by atoms with E-state index in [0.29, 0.717) is 6.04 Å². The Morgan fingerprint density at radius 2 is 2.38 bits per heavy atom. The summed E-state index contributed by atoms with van der Waals surface area (Å²) in [5.74, 6) is 1.13. The van der Waals surface area contributed by atoms with Gasteiger partial charge < -0.3 is 14.8 Å². The van der Waals surface area contributed by atoms with Crippen molar-refractivity contribution in [3.8, 4) is 0 Å². The highest BCUT2D eigenvalue weighted by atomic mass is 16.5. The minimum atomic E-state index is 0.111. The number of rotatable bonds is 6. The van der Waals surface area contributed by atoms with Crippen LogP contribution in [0.1, 0.15) is 39.0 Å². The van der Waals surface area contributed by atoms with E-state index in [1.807, 2.05) is 7.11 Å². The van der Waals surface area contributed by atoms with E-state index in [4.69, 9.17) is 9.47 Å². The van der Waals surface area contributed by atoms with E-state index >= 15 is 0 Å². The normalized spacial score (nSPS) is 24.5. The Balaban J connectivity index is 1.96. The zero-order valence-electron chi connectivity index (χ0n) is 10.4. The van der Waals surface area contributed by atoms with Crippen LogP contribution in [0.4, 0.5) is 0 Å². The molecule has 16 heavy (non-hydrogen) atoms. The van der Waals surface area contributed by atoms with Gasteiger partial charge in [0.15, 0.2) is 0 Å². The molecule has 0 bridgehead atoms. The third-order valence-electron chi connectivity index (χ3n) is 3.80. The summed E-state index contributed by atoms with van der Waals surface area (Å²) in [5.41, 5.74) is 0.111. The molecule has 0 radical (unpaired) electrons. The predicted molar refractivity (Wildman–Crippen MR) is 64.3 cm³/mol. The number of ether oxygens (including phenoxy) is 2. The van der Waals surface area contributed by atoms with Crippen molar-refractivity contribution in [3.63, 3.8) is 0 Å². The van der Waals surface area contributed by atoms with E-state index in [-0.39, 0.29) is 5.60 Å². The Morgan fingerprint density at radius 3 is 2.81 bits per heavy atom. The molecular formula is C13H23NO2. The average Bonchev–Trinajstić information content (AvgIpc) is 2.75. The van der Waals surface area contributed by atoms with Crippen LogP contribution in [0.5, 0.6) is 0 Å². The molecule has 1 aliphatic heterocycles. The third kappa shape index (κ3) is 2.41. The lowest BCUT2D eigenvalue weighted by atomic mass is 9.75. The van der Waals surface area contributed by atoms with Crippen molar-refractivity contribution < 1.29 is 9.47 Å². The number of hydrogen-bond donors (Lipinski definition) is 1. The minimum Gasteiger partial charge on any atom is -0.496 e. The van der Waals surface area contributed by atoms with E-state index in [2.05, 4.69) is 18.3 Å². The zero-order chi connectivity index (χ0) is 11.4. The highest BCUT2D eigenvalue weighted by molar-refractivity contribution is 5.10. The van der Waals surface area contributed by atoms with Crippen LogP contribution in [0.2, 0.25) is 0 Å². The van der Waals surface area contributed by atoms with Crippen LogP contribution >= 0.6 is 0 Å². The van der Waals surface area contributed by atoms with E-state index in [1.54, 1.807) is 0 Å². The average molecular weight is 225 g/mol. The molecule has 0 aromatic heterocycles.